The van der Waals surface area contributed by atoms with Crippen LogP contribution in [0, 0.1) is 0 Å². The zero-order valence-electron chi connectivity index (χ0n) is 35.3. The van der Waals surface area contributed by atoms with E-state index in [1.807, 2.05) is 0 Å². The monoisotopic (exact) mass is 822 g/mol. The van der Waals surface area contributed by atoms with Gasteiger partial charge in [-0.05, 0) is 121 Å². The Kier molecular flexibility index (Phi) is 7.75. The van der Waals surface area contributed by atoms with Crippen LogP contribution in [0.15, 0.2) is 235 Å². The Morgan fingerprint density at radius 1 is 0.215 bits per heavy atom. The second-order valence-corrected chi connectivity index (χ2v) is 17.4. The lowest BCUT2D eigenvalue weighted by Crippen LogP contribution is -1.93. The number of hydrogen-bond donors (Lipinski definition) is 0. The number of furan rings is 1. The van der Waals surface area contributed by atoms with E-state index in [9.17, 15) is 0 Å². The predicted octanol–water partition coefficient (Wildman–Crippen LogP) is 18.3. The molecule has 0 atom stereocenters. The largest absolute Gasteiger partial charge is 0.455 e. The first-order valence-electron chi connectivity index (χ1n) is 22.5. The van der Waals surface area contributed by atoms with Crippen molar-refractivity contribution in [1.82, 2.24) is 0 Å². The lowest BCUT2D eigenvalue weighted by molar-refractivity contribution is 0.674. The summed E-state index contributed by atoms with van der Waals surface area (Å²) in [4.78, 5) is 0. The molecule has 0 bridgehead atoms. The summed E-state index contributed by atoms with van der Waals surface area (Å²) in [5.74, 6) is 0. The molecule has 14 aromatic rings. The average molecular weight is 823 g/mol. The van der Waals surface area contributed by atoms with Crippen molar-refractivity contribution in [2.24, 2.45) is 0 Å². The molecular weight excluding hydrogens is 785 g/mol. The van der Waals surface area contributed by atoms with Crippen molar-refractivity contribution in [2.45, 2.75) is 0 Å². The van der Waals surface area contributed by atoms with Crippen LogP contribution in [-0.2, 0) is 0 Å². The molecule has 65 heavy (non-hydrogen) atoms. The van der Waals surface area contributed by atoms with Gasteiger partial charge in [-0.25, -0.2) is 0 Å². The maximum Gasteiger partial charge on any atom is 0.143 e. The summed E-state index contributed by atoms with van der Waals surface area (Å²) in [5, 5.41) is 19.5. The van der Waals surface area contributed by atoms with Crippen LogP contribution in [0.5, 0.6) is 0 Å². The van der Waals surface area contributed by atoms with Gasteiger partial charge in [0.15, 0.2) is 0 Å². The number of rotatable bonds is 4. The number of hydrogen-bond acceptors (Lipinski definition) is 1. The SMILES string of the molecule is c1cc(-c2c3ccccc3c(-c3ccc(-c4cccc5ccccc45)c4ccccc34)c3ccccc23)cc(-c2cc3ccccc3c3c2oc2c4ccccc4c4ccccc4c23)c1. The van der Waals surface area contributed by atoms with E-state index in [4.69, 9.17) is 4.42 Å². The van der Waals surface area contributed by atoms with Gasteiger partial charge in [0.2, 0.25) is 0 Å². The molecule has 0 unspecified atom stereocenters. The van der Waals surface area contributed by atoms with E-state index in [1.165, 1.54) is 114 Å². The van der Waals surface area contributed by atoms with Crippen molar-refractivity contribution in [3.8, 4) is 44.5 Å². The molecule has 0 aliphatic rings. The molecule has 14 rings (SSSR count). The van der Waals surface area contributed by atoms with Gasteiger partial charge in [0.05, 0.1) is 0 Å². The smallest absolute Gasteiger partial charge is 0.143 e. The molecule has 0 spiro atoms. The van der Waals surface area contributed by atoms with Crippen LogP contribution in [0.1, 0.15) is 0 Å². The maximum atomic E-state index is 7.21. The highest BCUT2D eigenvalue weighted by molar-refractivity contribution is 6.35. The molecule has 0 N–H and O–H groups in total. The molecule has 0 saturated carbocycles. The highest BCUT2D eigenvalue weighted by Crippen LogP contribution is 2.50. The van der Waals surface area contributed by atoms with Crippen LogP contribution in [0.25, 0.3) is 142 Å². The summed E-state index contributed by atoms with van der Waals surface area (Å²) < 4.78 is 7.21. The van der Waals surface area contributed by atoms with Gasteiger partial charge < -0.3 is 4.42 Å². The zero-order valence-corrected chi connectivity index (χ0v) is 35.3. The summed E-state index contributed by atoms with van der Waals surface area (Å²) >= 11 is 0. The van der Waals surface area contributed by atoms with Gasteiger partial charge in [-0.2, -0.15) is 0 Å². The Labute approximate surface area is 375 Å². The Hall–Kier alpha value is -8.52. The second-order valence-electron chi connectivity index (χ2n) is 17.4. The highest BCUT2D eigenvalue weighted by Gasteiger charge is 2.23. The quantitative estimate of drug-likeness (QED) is 0.127. The molecule has 1 nitrogen and oxygen atoms in total. The van der Waals surface area contributed by atoms with Crippen molar-refractivity contribution in [2.75, 3.05) is 0 Å². The lowest BCUT2D eigenvalue weighted by Gasteiger charge is -2.20. The predicted molar refractivity (Wildman–Crippen MR) is 278 cm³/mol. The van der Waals surface area contributed by atoms with Crippen molar-refractivity contribution < 1.29 is 4.42 Å². The second kappa shape index (κ2) is 14.0. The van der Waals surface area contributed by atoms with Gasteiger partial charge in [0, 0.05) is 21.7 Å². The first-order chi connectivity index (χ1) is 32.3. The van der Waals surface area contributed by atoms with Gasteiger partial charge in [-0.3, -0.25) is 0 Å². The van der Waals surface area contributed by atoms with E-state index in [-0.39, 0.29) is 0 Å². The molecule has 0 aliphatic heterocycles. The summed E-state index contributed by atoms with van der Waals surface area (Å²) in [6, 6.07) is 84.7. The van der Waals surface area contributed by atoms with Crippen molar-refractivity contribution in [1.29, 1.82) is 0 Å². The molecule has 0 amide bonds. The standard InChI is InChI=1S/C64H38O/c1-3-22-43-39(17-1)19-16-34-45(43)50-35-36-56(47-25-6-5-24-46(47)50)60-54-31-12-10-29-52(54)59(53-30-11-13-32-55(53)60)42-21-15-20-40(37-42)58-38-41-18-2-4-23-44(41)61-62-51-28-9-7-26-48(51)49-27-8-14-33-57(49)63(62)65-64(58)61/h1-38H. The number of benzene rings is 13. The maximum absolute atomic E-state index is 7.21. The van der Waals surface area contributed by atoms with E-state index < -0.39 is 0 Å². The molecule has 0 fully saturated rings. The van der Waals surface area contributed by atoms with Crippen LogP contribution in [-0.4, -0.2) is 0 Å². The molecule has 1 heteroatoms. The Morgan fingerprint density at radius 2 is 0.662 bits per heavy atom. The van der Waals surface area contributed by atoms with Gasteiger partial charge >= 0.3 is 0 Å². The minimum absolute atomic E-state index is 0.918. The van der Waals surface area contributed by atoms with Crippen LogP contribution >= 0.6 is 0 Å². The molecule has 0 radical (unpaired) electrons. The highest BCUT2D eigenvalue weighted by atomic mass is 16.3. The third kappa shape index (κ3) is 5.27. The fourth-order valence-corrected chi connectivity index (χ4v) is 11.2. The first-order valence-corrected chi connectivity index (χ1v) is 22.5. The minimum atomic E-state index is 0.918. The summed E-state index contributed by atoms with van der Waals surface area (Å²) in [6.07, 6.45) is 0. The van der Waals surface area contributed by atoms with Crippen molar-refractivity contribution in [3.05, 3.63) is 231 Å². The number of fused-ring (bicyclic) bond motifs is 14. The van der Waals surface area contributed by atoms with Gasteiger partial charge in [-0.1, -0.05) is 218 Å². The van der Waals surface area contributed by atoms with Gasteiger partial charge in [-0.15, -0.1) is 0 Å². The average Bonchev–Trinajstić information content (AvgIpc) is 3.79. The topological polar surface area (TPSA) is 13.1 Å². The van der Waals surface area contributed by atoms with E-state index >= 15 is 0 Å². The van der Waals surface area contributed by atoms with E-state index in [1.54, 1.807) is 0 Å². The van der Waals surface area contributed by atoms with Gasteiger partial charge in [0.1, 0.15) is 11.2 Å². The zero-order chi connectivity index (χ0) is 42.6. The molecule has 300 valence electrons. The summed E-state index contributed by atoms with van der Waals surface area (Å²) in [7, 11) is 0. The molecular formula is C64H38O. The normalized spacial score (nSPS) is 12.0. The fourth-order valence-electron chi connectivity index (χ4n) is 11.2. The molecule has 1 heterocycles. The summed E-state index contributed by atoms with van der Waals surface area (Å²) in [6.45, 7) is 0. The van der Waals surface area contributed by atoms with Crippen LogP contribution in [0.4, 0.5) is 0 Å². The molecule has 1 aromatic heterocycles. The van der Waals surface area contributed by atoms with Crippen LogP contribution in [0.3, 0.4) is 0 Å². The van der Waals surface area contributed by atoms with E-state index in [0.717, 1.165) is 27.7 Å². The lowest BCUT2D eigenvalue weighted by atomic mass is 9.83. The Morgan fingerprint density at radius 3 is 1.37 bits per heavy atom. The van der Waals surface area contributed by atoms with Gasteiger partial charge in [0.25, 0.3) is 0 Å². The van der Waals surface area contributed by atoms with Crippen molar-refractivity contribution in [3.63, 3.8) is 0 Å². The van der Waals surface area contributed by atoms with Crippen LogP contribution < -0.4 is 0 Å². The van der Waals surface area contributed by atoms with Crippen LogP contribution in [0.2, 0.25) is 0 Å². The Bertz CT molecular complexity index is 4240. The molecule has 13 aromatic carbocycles. The molecule has 0 saturated heterocycles. The first kappa shape index (κ1) is 36.0. The third-order valence-electron chi connectivity index (χ3n) is 14.0. The fraction of sp³-hybridized carbons (Fsp3) is 0. The molecule has 0 aliphatic carbocycles. The van der Waals surface area contributed by atoms with E-state index in [2.05, 4.69) is 231 Å². The summed E-state index contributed by atoms with van der Waals surface area (Å²) in [5.41, 5.74) is 11.5. The Balaban J connectivity index is 1.02. The van der Waals surface area contributed by atoms with E-state index in [0.29, 0.717) is 0 Å². The van der Waals surface area contributed by atoms with Crippen molar-refractivity contribution >= 4 is 97.3 Å². The third-order valence-corrected chi connectivity index (χ3v) is 14.0. The minimum Gasteiger partial charge on any atom is -0.455 e.